The zero-order valence-electron chi connectivity index (χ0n) is 13.2. The summed E-state index contributed by atoms with van der Waals surface area (Å²) in [5.41, 5.74) is 3.83. The predicted molar refractivity (Wildman–Crippen MR) is 97.2 cm³/mol. The fourth-order valence-corrected chi connectivity index (χ4v) is 5.88. The van der Waals surface area contributed by atoms with Gasteiger partial charge in [0.05, 0.1) is 21.5 Å². The average molecular weight is 408 g/mol. The average Bonchev–Trinajstić information content (AvgIpc) is 2.93. The highest BCUT2D eigenvalue weighted by Gasteiger charge is 2.43. The Hall–Kier alpha value is -1.37. The second kappa shape index (κ2) is 5.58. The van der Waals surface area contributed by atoms with Crippen molar-refractivity contribution >= 4 is 31.6 Å². The van der Waals surface area contributed by atoms with E-state index in [4.69, 9.17) is 0 Å². The Morgan fingerprint density at radius 1 is 1.17 bits per heavy atom. The molecule has 1 aliphatic carbocycles. The van der Waals surface area contributed by atoms with Crippen LogP contribution in [0.2, 0.25) is 0 Å². The molecule has 0 saturated heterocycles. The van der Waals surface area contributed by atoms with Crippen molar-refractivity contribution in [1.82, 2.24) is 0 Å². The smallest absolute Gasteiger partial charge is 0.264 e. The molecule has 1 N–H and O–H groups in total. The van der Waals surface area contributed by atoms with E-state index in [0.717, 1.165) is 22.4 Å². The van der Waals surface area contributed by atoms with Gasteiger partial charge in [-0.3, -0.25) is 4.31 Å². The van der Waals surface area contributed by atoms with Gasteiger partial charge >= 0.3 is 0 Å². The van der Waals surface area contributed by atoms with E-state index in [-0.39, 0.29) is 10.7 Å². The van der Waals surface area contributed by atoms with Crippen molar-refractivity contribution in [3.05, 3.63) is 59.2 Å². The molecule has 4 rings (SSSR count). The molecule has 0 spiro atoms. The number of aliphatic hydroxyl groups excluding tert-OH is 1. The lowest BCUT2D eigenvalue weighted by molar-refractivity contribution is 0.148. The highest BCUT2D eigenvalue weighted by atomic mass is 79.9. The zero-order valence-corrected chi connectivity index (χ0v) is 15.6. The van der Waals surface area contributed by atoms with Crippen molar-refractivity contribution in [3.63, 3.8) is 0 Å². The van der Waals surface area contributed by atoms with Crippen LogP contribution in [0.1, 0.15) is 33.9 Å². The van der Waals surface area contributed by atoms with Crippen LogP contribution in [0.5, 0.6) is 0 Å². The fourth-order valence-electron chi connectivity index (χ4n) is 3.74. The molecule has 126 valence electrons. The quantitative estimate of drug-likeness (QED) is 0.775. The summed E-state index contributed by atoms with van der Waals surface area (Å²) in [7, 11) is -3.60. The minimum absolute atomic E-state index is 0.0419. The number of aryl methyl sites for hydroxylation is 1. The highest BCUT2D eigenvalue weighted by Crippen LogP contribution is 2.51. The summed E-state index contributed by atoms with van der Waals surface area (Å²) in [6.07, 6.45) is 0.0691. The van der Waals surface area contributed by atoms with Gasteiger partial charge in [0.2, 0.25) is 0 Å². The highest BCUT2D eigenvalue weighted by molar-refractivity contribution is 9.09. The van der Waals surface area contributed by atoms with Gasteiger partial charge in [0.1, 0.15) is 0 Å². The van der Waals surface area contributed by atoms with Crippen LogP contribution in [0.4, 0.5) is 5.69 Å². The lowest BCUT2D eigenvalue weighted by Crippen LogP contribution is -2.31. The minimum Gasteiger partial charge on any atom is -0.392 e. The molecular weight excluding hydrogens is 390 g/mol. The summed E-state index contributed by atoms with van der Waals surface area (Å²) >= 11 is 3.55. The molecule has 6 heteroatoms. The molecule has 2 aromatic carbocycles. The number of alkyl halides is 1. The molecule has 2 aromatic rings. The SMILES string of the molecule is Cc1ccc(S(=O)(=O)N2C[C@@H]3C[C@H](O)[C@@H](Br)c4cccc2c43)cc1. The summed E-state index contributed by atoms with van der Waals surface area (Å²) in [6.45, 7) is 2.32. The van der Waals surface area contributed by atoms with E-state index < -0.39 is 16.1 Å². The Bertz CT molecular complexity index is 895. The Labute approximate surface area is 150 Å². The van der Waals surface area contributed by atoms with Crippen LogP contribution in [0.3, 0.4) is 0 Å². The minimum atomic E-state index is -3.60. The lowest BCUT2D eigenvalue weighted by atomic mass is 9.82. The van der Waals surface area contributed by atoms with Gasteiger partial charge in [0.15, 0.2) is 0 Å². The van der Waals surface area contributed by atoms with Crippen LogP contribution in [0, 0.1) is 6.92 Å². The van der Waals surface area contributed by atoms with Gasteiger partial charge in [0.25, 0.3) is 10.0 Å². The first-order valence-electron chi connectivity index (χ1n) is 7.94. The molecule has 0 amide bonds. The van der Waals surface area contributed by atoms with E-state index in [1.807, 2.05) is 37.3 Å². The van der Waals surface area contributed by atoms with E-state index in [0.29, 0.717) is 17.9 Å². The van der Waals surface area contributed by atoms with Gasteiger partial charge in [-0.2, -0.15) is 0 Å². The number of anilines is 1. The monoisotopic (exact) mass is 407 g/mol. The van der Waals surface area contributed by atoms with E-state index in [1.165, 1.54) is 4.31 Å². The van der Waals surface area contributed by atoms with Crippen molar-refractivity contribution in [3.8, 4) is 0 Å². The third kappa shape index (κ3) is 2.31. The molecule has 0 bridgehead atoms. The fraction of sp³-hybridized carbons (Fsp3) is 0.333. The standard InChI is InChI=1S/C18H18BrNO3S/c1-11-5-7-13(8-6-11)24(22,23)20-10-12-9-16(21)18(19)14-3-2-4-15(20)17(12)14/h2-8,12,16,18,21H,9-10H2,1H3/t12-,16-,18-/m0/s1. The Kier molecular flexibility index (Phi) is 3.74. The number of nitrogens with zero attached hydrogens (tertiary/aromatic N) is 1. The summed E-state index contributed by atoms with van der Waals surface area (Å²) in [5.74, 6) is 0.0419. The van der Waals surface area contributed by atoms with E-state index >= 15 is 0 Å². The molecule has 24 heavy (non-hydrogen) atoms. The van der Waals surface area contributed by atoms with Crippen molar-refractivity contribution in [2.75, 3.05) is 10.8 Å². The number of sulfonamides is 1. The number of benzene rings is 2. The molecule has 0 radical (unpaired) electrons. The van der Waals surface area contributed by atoms with Crippen LogP contribution in [0.25, 0.3) is 0 Å². The van der Waals surface area contributed by atoms with Gasteiger partial charge in [-0.25, -0.2) is 8.42 Å². The topological polar surface area (TPSA) is 57.6 Å². The lowest BCUT2D eigenvalue weighted by Gasteiger charge is -2.29. The van der Waals surface area contributed by atoms with Crippen LogP contribution in [0.15, 0.2) is 47.4 Å². The van der Waals surface area contributed by atoms with Crippen molar-refractivity contribution in [2.45, 2.75) is 35.1 Å². The summed E-state index contributed by atoms with van der Waals surface area (Å²) in [5, 5.41) is 10.3. The number of aliphatic hydroxyl groups is 1. The molecule has 0 saturated carbocycles. The first-order chi connectivity index (χ1) is 11.4. The van der Waals surface area contributed by atoms with Gasteiger partial charge in [-0.1, -0.05) is 45.8 Å². The first kappa shape index (κ1) is 16.1. The van der Waals surface area contributed by atoms with E-state index in [1.54, 1.807) is 12.1 Å². The molecule has 1 aliphatic heterocycles. The third-order valence-corrected chi connectivity index (χ3v) is 7.85. The van der Waals surface area contributed by atoms with E-state index in [2.05, 4.69) is 15.9 Å². The molecule has 3 atom stereocenters. The number of halogens is 1. The third-order valence-electron chi connectivity index (χ3n) is 4.95. The summed E-state index contributed by atoms with van der Waals surface area (Å²) in [6, 6.07) is 12.6. The van der Waals surface area contributed by atoms with Crippen LogP contribution < -0.4 is 4.31 Å². The Morgan fingerprint density at radius 2 is 1.88 bits per heavy atom. The van der Waals surface area contributed by atoms with Crippen LogP contribution in [-0.2, 0) is 10.0 Å². The Morgan fingerprint density at radius 3 is 2.58 bits per heavy atom. The van der Waals surface area contributed by atoms with E-state index in [9.17, 15) is 13.5 Å². The van der Waals surface area contributed by atoms with Gasteiger partial charge < -0.3 is 5.11 Å². The predicted octanol–water partition coefficient (Wildman–Crippen LogP) is 3.49. The van der Waals surface area contributed by atoms with Crippen molar-refractivity contribution in [1.29, 1.82) is 0 Å². The maximum absolute atomic E-state index is 13.1. The number of hydrogen-bond donors (Lipinski definition) is 1. The number of hydrogen-bond acceptors (Lipinski definition) is 3. The van der Waals surface area contributed by atoms with Crippen molar-refractivity contribution in [2.24, 2.45) is 0 Å². The number of rotatable bonds is 2. The first-order valence-corrected chi connectivity index (χ1v) is 10.3. The molecule has 2 aliphatic rings. The van der Waals surface area contributed by atoms with Gasteiger partial charge in [-0.05, 0) is 42.7 Å². The van der Waals surface area contributed by atoms with Crippen LogP contribution in [-0.4, -0.2) is 26.2 Å². The molecule has 4 nitrogen and oxygen atoms in total. The molecule has 0 unspecified atom stereocenters. The Balaban J connectivity index is 1.82. The zero-order chi connectivity index (χ0) is 17.1. The normalized spacial score (nSPS) is 25.6. The van der Waals surface area contributed by atoms with Crippen LogP contribution >= 0.6 is 15.9 Å². The maximum Gasteiger partial charge on any atom is 0.264 e. The largest absolute Gasteiger partial charge is 0.392 e. The molecular formula is C18H18BrNO3S. The van der Waals surface area contributed by atoms with Gasteiger partial charge in [-0.15, -0.1) is 0 Å². The second-order valence-corrected chi connectivity index (χ2v) is 9.38. The molecule has 0 aromatic heterocycles. The second-order valence-electron chi connectivity index (χ2n) is 6.53. The maximum atomic E-state index is 13.1. The summed E-state index contributed by atoms with van der Waals surface area (Å²) < 4.78 is 27.7. The van der Waals surface area contributed by atoms with Crippen molar-refractivity contribution < 1.29 is 13.5 Å². The summed E-state index contributed by atoms with van der Waals surface area (Å²) in [4.78, 5) is 0.158. The molecule has 0 fully saturated rings. The van der Waals surface area contributed by atoms with Gasteiger partial charge in [0, 0.05) is 12.5 Å². The molecule has 1 heterocycles.